The minimum atomic E-state index is -4.65. The minimum absolute atomic E-state index is 0.103. The summed E-state index contributed by atoms with van der Waals surface area (Å²) in [6.45, 7) is 0.414. The topological polar surface area (TPSA) is 65.5 Å². The molecule has 0 spiro atoms. The molecule has 5 nitrogen and oxygen atoms in total. The van der Waals surface area contributed by atoms with Crippen LogP contribution in [-0.4, -0.2) is 32.0 Å². The van der Waals surface area contributed by atoms with Gasteiger partial charge in [0.25, 0.3) is 5.91 Å². The fourth-order valence-electron chi connectivity index (χ4n) is 2.41. The van der Waals surface area contributed by atoms with Crippen LogP contribution in [0.15, 0.2) is 53.5 Å². The largest absolute Gasteiger partial charge is 0.416 e. The number of alkyl halides is 3. The molecule has 2 aromatic rings. The van der Waals surface area contributed by atoms with Crippen LogP contribution in [-0.2, 0) is 12.7 Å². The van der Waals surface area contributed by atoms with Crippen LogP contribution in [0.1, 0.15) is 21.5 Å². The molecule has 0 aliphatic rings. The Labute approximate surface area is 159 Å². The SMILES string of the molecule is CN=C(NCCNC(=O)c1ccccc1)NCc1ccc(F)cc1C(F)(F)F. The average molecular weight is 396 g/mol. The molecule has 0 aliphatic carbocycles. The van der Waals surface area contributed by atoms with Crippen molar-refractivity contribution in [3.05, 3.63) is 71.0 Å². The van der Waals surface area contributed by atoms with E-state index in [2.05, 4.69) is 20.9 Å². The van der Waals surface area contributed by atoms with Crippen molar-refractivity contribution in [3.8, 4) is 0 Å². The van der Waals surface area contributed by atoms with Crippen LogP contribution in [0.3, 0.4) is 0 Å². The number of benzene rings is 2. The third-order valence-corrected chi connectivity index (χ3v) is 3.79. The van der Waals surface area contributed by atoms with E-state index in [-0.39, 0.29) is 24.0 Å². The summed E-state index contributed by atoms with van der Waals surface area (Å²) >= 11 is 0. The van der Waals surface area contributed by atoms with Gasteiger partial charge in [0.1, 0.15) is 5.82 Å². The number of aliphatic imine (C=N–C) groups is 1. The van der Waals surface area contributed by atoms with E-state index in [1.165, 1.54) is 7.05 Å². The molecule has 0 unspecified atom stereocenters. The third kappa shape index (κ3) is 6.26. The van der Waals surface area contributed by atoms with Crippen molar-refractivity contribution < 1.29 is 22.4 Å². The summed E-state index contributed by atoms with van der Waals surface area (Å²) in [5, 5.41) is 8.34. The van der Waals surface area contributed by atoms with Gasteiger partial charge in [0, 0.05) is 32.2 Å². The highest BCUT2D eigenvalue weighted by Crippen LogP contribution is 2.32. The lowest BCUT2D eigenvalue weighted by Gasteiger charge is -2.16. The van der Waals surface area contributed by atoms with E-state index in [0.717, 1.165) is 12.1 Å². The Morgan fingerprint density at radius 2 is 1.68 bits per heavy atom. The van der Waals surface area contributed by atoms with E-state index >= 15 is 0 Å². The van der Waals surface area contributed by atoms with E-state index in [4.69, 9.17) is 0 Å². The summed E-state index contributed by atoms with van der Waals surface area (Å²) in [4.78, 5) is 15.8. The van der Waals surface area contributed by atoms with Gasteiger partial charge < -0.3 is 16.0 Å². The molecule has 3 N–H and O–H groups in total. The molecule has 0 saturated carbocycles. The summed E-state index contributed by atoms with van der Waals surface area (Å²) < 4.78 is 52.2. The molecular formula is C19H20F4N4O. The number of amides is 1. The highest BCUT2D eigenvalue weighted by atomic mass is 19.4. The molecule has 0 heterocycles. The lowest BCUT2D eigenvalue weighted by Crippen LogP contribution is -2.41. The van der Waals surface area contributed by atoms with Crippen molar-refractivity contribution in [2.24, 2.45) is 4.99 Å². The maximum Gasteiger partial charge on any atom is 0.416 e. The van der Waals surface area contributed by atoms with Gasteiger partial charge in [0.2, 0.25) is 0 Å². The molecule has 150 valence electrons. The normalized spacial score (nSPS) is 11.8. The van der Waals surface area contributed by atoms with Gasteiger partial charge in [-0.1, -0.05) is 24.3 Å². The van der Waals surface area contributed by atoms with Crippen LogP contribution in [0, 0.1) is 5.82 Å². The second-order valence-corrected chi connectivity index (χ2v) is 5.77. The molecule has 9 heteroatoms. The van der Waals surface area contributed by atoms with E-state index in [0.29, 0.717) is 24.7 Å². The maximum absolute atomic E-state index is 13.1. The monoisotopic (exact) mass is 396 g/mol. The predicted molar refractivity (Wildman–Crippen MR) is 98.4 cm³/mol. The van der Waals surface area contributed by atoms with Gasteiger partial charge in [-0.15, -0.1) is 0 Å². The van der Waals surface area contributed by atoms with E-state index in [1.54, 1.807) is 30.3 Å². The Balaban J connectivity index is 1.83. The second kappa shape index (κ2) is 9.72. The van der Waals surface area contributed by atoms with Crippen molar-refractivity contribution in [3.63, 3.8) is 0 Å². The number of halogens is 4. The summed E-state index contributed by atoms with van der Waals surface area (Å²) in [5.41, 5.74) is -0.610. The zero-order valence-electron chi connectivity index (χ0n) is 15.1. The van der Waals surface area contributed by atoms with Gasteiger partial charge in [0.15, 0.2) is 5.96 Å². The van der Waals surface area contributed by atoms with Crippen LogP contribution in [0.25, 0.3) is 0 Å². The lowest BCUT2D eigenvalue weighted by molar-refractivity contribution is -0.138. The fourth-order valence-corrected chi connectivity index (χ4v) is 2.41. The Hall–Kier alpha value is -3.10. The maximum atomic E-state index is 13.1. The highest BCUT2D eigenvalue weighted by Gasteiger charge is 2.33. The molecule has 0 aliphatic heterocycles. The van der Waals surface area contributed by atoms with Gasteiger partial charge in [-0.3, -0.25) is 9.79 Å². The number of nitrogens with one attached hydrogen (secondary N) is 3. The molecule has 2 rings (SSSR count). The first-order valence-corrected chi connectivity index (χ1v) is 8.44. The molecule has 0 radical (unpaired) electrons. The smallest absolute Gasteiger partial charge is 0.355 e. The first-order chi connectivity index (χ1) is 13.3. The van der Waals surface area contributed by atoms with E-state index in [1.807, 2.05) is 0 Å². The Morgan fingerprint density at radius 3 is 2.32 bits per heavy atom. The summed E-state index contributed by atoms with van der Waals surface area (Å²) in [6, 6.07) is 11.2. The summed E-state index contributed by atoms with van der Waals surface area (Å²) in [5.74, 6) is -0.925. The van der Waals surface area contributed by atoms with Crippen molar-refractivity contribution >= 4 is 11.9 Å². The van der Waals surface area contributed by atoms with Crippen LogP contribution in [0.2, 0.25) is 0 Å². The molecular weight excluding hydrogens is 376 g/mol. The summed E-state index contributed by atoms with van der Waals surface area (Å²) in [6.07, 6.45) is -4.65. The quantitative estimate of drug-likeness (QED) is 0.305. The Kier molecular flexibility index (Phi) is 7.36. The average Bonchev–Trinajstić information content (AvgIpc) is 2.68. The first-order valence-electron chi connectivity index (χ1n) is 8.44. The number of guanidine groups is 1. The van der Waals surface area contributed by atoms with Crippen LogP contribution < -0.4 is 16.0 Å². The zero-order valence-corrected chi connectivity index (χ0v) is 15.1. The number of carbonyl (C=O) groups is 1. The molecule has 28 heavy (non-hydrogen) atoms. The Morgan fingerprint density at radius 1 is 1.00 bits per heavy atom. The van der Waals surface area contributed by atoms with Crippen LogP contribution >= 0.6 is 0 Å². The van der Waals surface area contributed by atoms with E-state index in [9.17, 15) is 22.4 Å². The lowest BCUT2D eigenvalue weighted by atomic mass is 10.1. The van der Waals surface area contributed by atoms with Crippen molar-refractivity contribution in [2.45, 2.75) is 12.7 Å². The molecule has 0 fully saturated rings. The molecule has 0 atom stereocenters. The zero-order chi connectivity index (χ0) is 20.6. The van der Waals surface area contributed by atoms with Crippen LogP contribution in [0.5, 0.6) is 0 Å². The standard InChI is InChI=1S/C19H20F4N4O/c1-24-18(26-10-9-25-17(28)13-5-3-2-4-6-13)27-12-14-7-8-15(20)11-16(14)19(21,22)23/h2-8,11H,9-10,12H2,1H3,(H,25,28)(H2,24,26,27). The molecule has 0 aromatic heterocycles. The molecule has 0 saturated heterocycles. The predicted octanol–water partition coefficient (Wildman–Crippen LogP) is 2.94. The molecule has 1 amide bonds. The number of rotatable bonds is 6. The number of carbonyl (C=O) groups excluding carboxylic acids is 1. The first kappa shape index (κ1) is 21.2. The van der Waals surface area contributed by atoms with Gasteiger partial charge in [-0.25, -0.2) is 4.39 Å². The second-order valence-electron chi connectivity index (χ2n) is 5.77. The van der Waals surface area contributed by atoms with Gasteiger partial charge in [-0.05, 0) is 29.8 Å². The van der Waals surface area contributed by atoms with Gasteiger partial charge >= 0.3 is 6.18 Å². The van der Waals surface area contributed by atoms with Gasteiger partial charge in [-0.2, -0.15) is 13.2 Å². The fraction of sp³-hybridized carbons (Fsp3) is 0.263. The third-order valence-electron chi connectivity index (χ3n) is 3.79. The van der Waals surface area contributed by atoms with Gasteiger partial charge in [0.05, 0.1) is 5.56 Å². The van der Waals surface area contributed by atoms with Crippen LogP contribution in [0.4, 0.5) is 17.6 Å². The minimum Gasteiger partial charge on any atom is -0.355 e. The summed E-state index contributed by atoms with van der Waals surface area (Å²) in [7, 11) is 1.47. The molecule has 2 aromatic carbocycles. The van der Waals surface area contributed by atoms with Crippen molar-refractivity contribution in [1.29, 1.82) is 0 Å². The number of hydrogen-bond acceptors (Lipinski definition) is 2. The van der Waals surface area contributed by atoms with E-state index < -0.39 is 17.6 Å². The van der Waals surface area contributed by atoms with Crippen molar-refractivity contribution in [1.82, 2.24) is 16.0 Å². The molecule has 0 bridgehead atoms. The number of hydrogen-bond donors (Lipinski definition) is 3. The number of nitrogens with zero attached hydrogens (tertiary/aromatic N) is 1. The highest BCUT2D eigenvalue weighted by molar-refractivity contribution is 5.94. The van der Waals surface area contributed by atoms with Crippen molar-refractivity contribution in [2.75, 3.05) is 20.1 Å². The Bertz CT molecular complexity index is 822.